The van der Waals surface area contributed by atoms with Crippen molar-refractivity contribution in [3.05, 3.63) is 0 Å². The molecule has 0 unspecified atom stereocenters. The van der Waals surface area contributed by atoms with Crippen LogP contribution in [0.15, 0.2) is 0 Å². The molecule has 0 aromatic carbocycles. The van der Waals surface area contributed by atoms with Crippen LogP contribution in [0, 0.1) is 0 Å². The smallest absolute Gasteiger partial charge is 0.286 e. The molecule has 0 atom stereocenters. The minimum absolute atomic E-state index is 0.769. The predicted octanol–water partition coefficient (Wildman–Crippen LogP) is -8.79. The molecule has 0 aliphatic heterocycles. The molecule has 0 aliphatic rings. The lowest BCUT2D eigenvalue weighted by molar-refractivity contribution is 0.368. The summed E-state index contributed by atoms with van der Waals surface area (Å²) in [6.45, 7) is 0. The second-order valence-corrected chi connectivity index (χ2v) is 17.2. The predicted molar refractivity (Wildman–Crippen MR) is 85.6 cm³/mol. The zero-order chi connectivity index (χ0) is 12.6. The van der Waals surface area contributed by atoms with E-state index < -0.39 is 70.0 Å². The summed E-state index contributed by atoms with van der Waals surface area (Å²) in [4.78, 5) is 0. The van der Waals surface area contributed by atoms with Gasteiger partial charge in [0.25, 0.3) is 70.0 Å². The molecule has 0 amide bonds. The Labute approximate surface area is 124 Å². The van der Waals surface area contributed by atoms with Crippen LogP contribution in [-0.2, 0) is 32.9 Å². The third-order valence-corrected chi connectivity index (χ3v) is 10.5. The zero-order valence-corrected chi connectivity index (χ0v) is 22.4. The monoisotopic (exact) mass is 398 g/mol. The summed E-state index contributed by atoms with van der Waals surface area (Å²) in [6.07, 6.45) is 0. The van der Waals surface area contributed by atoms with Gasteiger partial charge in [0.05, 0.1) is 0 Å². The Hall–Kier alpha value is 1.63. The van der Waals surface area contributed by atoms with Crippen molar-refractivity contribution in [1.82, 2.24) is 0 Å². The SMILES string of the molecule is [SiH2]O[SiH2]O[SiH2]O[SiH2]O[SiH2]O[SiH2]O[SiH2]O[SiH2]O[SiH2]. The highest BCUT2D eigenvalue weighted by molar-refractivity contribution is 6.48. The number of hydrogen-bond donors (Lipinski definition) is 0. The van der Waals surface area contributed by atoms with Crippen molar-refractivity contribution >= 4 is 91.0 Å². The largest absolute Gasteiger partial charge is 0.447 e. The summed E-state index contributed by atoms with van der Waals surface area (Å²) in [5.74, 6) is 0. The van der Waals surface area contributed by atoms with E-state index in [-0.39, 0.29) is 0 Å². The summed E-state index contributed by atoms with van der Waals surface area (Å²) in [7, 11) is -2.98. The van der Waals surface area contributed by atoms with E-state index in [1.807, 2.05) is 0 Å². The Kier molecular flexibility index (Phi) is 19.3. The van der Waals surface area contributed by atoms with Crippen molar-refractivity contribution in [1.29, 1.82) is 0 Å². The molecule has 8 nitrogen and oxygen atoms in total. The molecule has 102 valence electrons. The normalized spacial score (nSPS) is 15.9. The summed E-state index contributed by atoms with van der Waals surface area (Å²) in [5.41, 5.74) is 0. The molecule has 0 heterocycles. The molecule has 0 N–H and O–H groups in total. The molecule has 0 rings (SSSR count). The van der Waals surface area contributed by atoms with Crippen LogP contribution in [-0.4, -0.2) is 91.0 Å². The standard InChI is InChI=1S/H18O8Si9/c9-1-11-3-13-5-15-7-17-8-16-6-14-4-12-2-10/h9-17H2. The minimum Gasteiger partial charge on any atom is -0.447 e. The molecule has 17 heavy (non-hydrogen) atoms. The molecular weight excluding hydrogens is 381 g/mol. The Morgan fingerprint density at radius 1 is 0.412 bits per heavy atom. The van der Waals surface area contributed by atoms with Crippen LogP contribution in [0.25, 0.3) is 0 Å². The molecule has 2 radical (unpaired) electrons. The maximum atomic E-state index is 5.32. The van der Waals surface area contributed by atoms with Gasteiger partial charge in [-0.15, -0.1) is 0 Å². The van der Waals surface area contributed by atoms with E-state index in [9.17, 15) is 0 Å². The van der Waals surface area contributed by atoms with Gasteiger partial charge in [0.15, 0.2) is 21.0 Å². The second kappa shape index (κ2) is 17.6. The van der Waals surface area contributed by atoms with Crippen molar-refractivity contribution in [3.63, 3.8) is 0 Å². The van der Waals surface area contributed by atoms with Gasteiger partial charge in [-0.1, -0.05) is 0 Å². The highest BCUT2D eigenvalue weighted by Gasteiger charge is 1.94. The van der Waals surface area contributed by atoms with E-state index in [1.165, 1.54) is 21.0 Å². The highest BCUT2D eigenvalue weighted by Crippen LogP contribution is 1.76. The fourth-order valence-electron chi connectivity index (χ4n) is 0.617. The lowest BCUT2D eigenvalue weighted by Crippen LogP contribution is -2.20. The van der Waals surface area contributed by atoms with Crippen LogP contribution in [0.5, 0.6) is 0 Å². The van der Waals surface area contributed by atoms with Gasteiger partial charge in [0.2, 0.25) is 0 Å². The average molecular weight is 399 g/mol. The second-order valence-electron chi connectivity index (χ2n) is 2.46. The molecule has 0 saturated heterocycles. The van der Waals surface area contributed by atoms with Gasteiger partial charge in [-0.3, -0.25) is 0 Å². The number of rotatable bonds is 14. The quantitative estimate of drug-likeness (QED) is 0.211. The van der Waals surface area contributed by atoms with E-state index in [4.69, 9.17) is 32.9 Å². The van der Waals surface area contributed by atoms with Gasteiger partial charge in [-0.05, 0) is 0 Å². The van der Waals surface area contributed by atoms with Crippen molar-refractivity contribution in [2.75, 3.05) is 0 Å². The highest BCUT2D eigenvalue weighted by atomic mass is 28.4. The van der Waals surface area contributed by atoms with Crippen LogP contribution in [0.1, 0.15) is 0 Å². The van der Waals surface area contributed by atoms with E-state index >= 15 is 0 Å². The molecule has 0 aromatic heterocycles. The third kappa shape index (κ3) is 17.6. The molecule has 0 aliphatic carbocycles. The number of hydrogen-bond acceptors (Lipinski definition) is 8. The zero-order valence-electron chi connectivity index (χ0n) is 9.63. The topological polar surface area (TPSA) is 73.8 Å². The van der Waals surface area contributed by atoms with Gasteiger partial charge >= 0.3 is 0 Å². The molecule has 17 heteroatoms. The molecule has 0 bridgehead atoms. The van der Waals surface area contributed by atoms with Gasteiger partial charge in [0.1, 0.15) is 0 Å². The van der Waals surface area contributed by atoms with Crippen LogP contribution in [0.2, 0.25) is 0 Å². The van der Waals surface area contributed by atoms with E-state index in [2.05, 4.69) is 0 Å². The first-order chi connectivity index (χ1) is 8.41. The lowest BCUT2D eigenvalue weighted by atomic mass is 15.7. The first-order valence-electron chi connectivity index (χ1n) is 4.62. The fraction of sp³-hybridized carbons (Fsp3) is 0. The average Bonchev–Trinajstić information content (AvgIpc) is 2.35. The van der Waals surface area contributed by atoms with Gasteiger partial charge < -0.3 is 32.9 Å². The molecule has 0 saturated carbocycles. The van der Waals surface area contributed by atoms with Crippen LogP contribution in [0.3, 0.4) is 0 Å². The first kappa shape index (κ1) is 18.6. The molecule has 0 fully saturated rings. The van der Waals surface area contributed by atoms with Crippen molar-refractivity contribution < 1.29 is 32.9 Å². The van der Waals surface area contributed by atoms with Gasteiger partial charge in [0, 0.05) is 0 Å². The van der Waals surface area contributed by atoms with Gasteiger partial charge in [-0.2, -0.15) is 0 Å². The summed E-state index contributed by atoms with van der Waals surface area (Å²) in [6, 6.07) is 0. The van der Waals surface area contributed by atoms with Crippen molar-refractivity contribution in [3.8, 4) is 0 Å². The van der Waals surface area contributed by atoms with Crippen LogP contribution in [0.4, 0.5) is 0 Å². The van der Waals surface area contributed by atoms with Crippen molar-refractivity contribution in [2.24, 2.45) is 0 Å². The Bertz CT molecular complexity index is 120. The maximum Gasteiger partial charge on any atom is 0.286 e. The Morgan fingerprint density at radius 2 is 0.647 bits per heavy atom. The van der Waals surface area contributed by atoms with E-state index in [0.29, 0.717) is 0 Å². The lowest BCUT2D eigenvalue weighted by Gasteiger charge is -2.07. The minimum atomic E-state index is -0.898. The van der Waals surface area contributed by atoms with Crippen LogP contribution < -0.4 is 0 Å². The fourth-order valence-corrected chi connectivity index (χ4v) is 13.0. The summed E-state index contributed by atoms with van der Waals surface area (Å²) < 4.78 is 41.4. The van der Waals surface area contributed by atoms with E-state index in [1.54, 1.807) is 0 Å². The third-order valence-electron chi connectivity index (χ3n) is 1.17. The molecular formula is H18O8Si9. The summed E-state index contributed by atoms with van der Waals surface area (Å²) in [5, 5.41) is 0. The maximum absolute atomic E-state index is 5.32. The Morgan fingerprint density at radius 3 is 0.882 bits per heavy atom. The van der Waals surface area contributed by atoms with Crippen molar-refractivity contribution in [2.45, 2.75) is 0 Å². The van der Waals surface area contributed by atoms with E-state index in [0.717, 1.165) is 0 Å². The molecule has 0 aromatic rings. The summed E-state index contributed by atoms with van der Waals surface area (Å²) >= 11 is 0. The van der Waals surface area contributed by atoms with Crippen LogP contribution >= 0.6 is 0 Å². The first-order valence-corrected chi connectivity index (χ1v) is 13.9. The molecule has 0 spiro atoms. The Balaban J connectivity index is 2.85. The van der Waals surface area contributed by atoms with Gasteiger partial charge in [-0.25, -0.2) is 0 Å².